The fourth-order valence-corrected chi connectivity index (χ4v) is 6.83. The first-order valence-corrected chi connectivity index (χ1v) is 12.6. The highest BCUT2D eigenvalue weighted by Crippen LogP contribution is 2.28. The molecule has 1 amide bonds. The number of amides is 1. The van der Waals surface area contributed by atoms with E-state index in [2.05, 4.69) is 10.2 Å². The van der Waals surface area contributed by atoms with Crippen LogP contribution in [-0.4, -0.2) is 58.0 Å². The molecule has 7 nitrogen and oxygen atoms in total. The van der Waals surface area contributed by atoms with E-state index in [1.165, 1.54) is 15.6 Å². The maximum absolute atomic E-state index is 13.3. The van der Waals surface area contributed by atoms with E-state index in [-0.39, 0.29) is 16.8 Å². The molecule has 1 aliphatic carbocycles. The average molecular weight is 450 g/mol. The Labute approximate surface area is 181 Å². The predicted molar refractivity (Wildman–Crippen MR) is 118 cm³/mol. The Balaban J connectivity index is 1.43. The number of hydrogen-bond acceptors (Lipinski definition) is 6. The van der Waals surface area contributed by atoms with E-state index in [0.29, 0.717) is 31.1 Å². The second-order valence-corrected chi connectivity index (χ2v) is 10.5. The number of sulfonamides is 1. The maximum atomic E-state index is 13.3. The third-order valence-electron chi connectivity index (χ3n) is 5.82. The summed E-state index contributed by atoms with van der Waals surface area (Å²) in [4.78, 5) is 15.3. The fraction of sp³-hybridized carbons (Fsp3) is 0.476. The number of anilines is 1. The van der Waals surface area contributed by atoms with Gasteiger partial charge in [0.2, 0.25) is 10.0 Å². The van der Waals surface area contributed by atoms with Crippen molar-refractivity contribution < 1.29 is 17.9 Å². The van der Waals surface area contributed by atoms with Crippen LogP contribution in [0.2, 0.25) is 0 Å². The largest absolute Gasteiger partial charge is 0.497 e. The number of hydrogen-bond donors (Lipinski definition) is 1. The summed E-state index contributed by atoms with van der Waals surface area (Å²) in [5, 5.41) is 4.69. The Bertz CT molecular complexity index is 974. The van der Waals surface area contributed by atoms with Gasteiger partial charge < -0.3 is 15.0 Å². The molecule has 30 heavy (non-hydrogen) atoms. The lowest BCUT2D eigenvalue weighted by atomic mass is 10.2. The van der Waals surface area contributed by atoms with Crippen molar-refractivity contribution in [2.45, 2.75) is 36.6 Å². The first-order chi connectivity index (χ1) is 14.5. The maximum Gasteiger partial charge on any atom is 0.262 e. The van der Waals surface area contributed by atoms with Gasteiger partial charge in [-0.3, -0.25) is 4.79 Å². The number of piperazine rings is 1. The van der Waals surface area contributed by atoms with Crippen LogP contribution in [0.5, 0.6) is 5.75 Å². The van der Waals surface area contributed by atoms with E-state index >= 15 is 0 Å². The highest BCUT2D eigenvalue weighted by molar-refractivity contribution is 7.89. The molecule has 1 aromatic heterocycles. The molecular formula is C21H27N3O4S2. The van der Waals surface area contributed by atoms with Crippen molar-refractivity contribution in [1.82, 2.24) is 9.62 Å². The number of rotatable bonds is 6. The van der Waals surface area contributed by atoms with Gasteiger partial charge in [0.05, 0.1) is 7.11 Å². The number of thiophene rings is 1. The number of carbonyl (C=O) groups excluding carboxylic acids is 1. The van der Waals surface area contributed by atoms with E-state index < -0.39 is 10.0 Å². The standard InChI is InChI=1S/C21H27N3O4S2/c1-28-18-8-6-17(7-9-18)23-11-13-24(14-12-23)30(26,27)19-10-15-29-20(19)21(25)22-16-4-2-3-5-16/h6-10,15-16H,2-5,11-14H2,1H3,(H,22,25). The van der Waals surface area contributed by atoms with Crippen LogP contribution < -0.4 is 15.0 Å². The molecule has 0 radical (unpaired) electrons. The SMILES string of the molecule is COc1ccc(N2CCN(S(=O)(=O)c3ccsc3C(=O)NC3CCCC3)CC2)cc1. The molecule has 1 aromatic carbocycles. The van der Waals surface area contributed by atoms with Gasteiger partial charge in [0.25, 0.3) is 5.91 Å². The zero-order chi connectivity index (χ0) is 21.1. The van der Waals surface area contributed by atoms with Crippen LogP contribution in [-0.2, 0) is 10.0 Å². The number of nitrogens with one attached hydrogen (secondary N) is 1. The quantitative estimate of drug-likeness (QED) is 0.734. The van der Waals surface area contributed by atoms with Gasteiger partial charge >= 0.3 is 0 Å². The summed E-state index contributed by atoms with van der Waals surface area (Å²) in [6.45, 7) is 1.96. The molecule has 1 saturated heterocycles. The zero-order valence-corrected chi connectivity index (χ0v) is 18.7. The lowest BCUT2D eigenvalue weighted by Gasteiger charge is -2.35. The smallest absolute Gasteiger partial charge is 0.262 e. The molecular weight excluding hydrogens is 422 g/mol. The van der Waals surface area contributed by atoms with E-state index in [1.807, 2.05) is 24.3 Å². The molecule has 162 valence electrons. The molecule has 0 bridgehead atoms. The van der Waals surface area contributed by atoms with E-state index in [9.17, 15) is 13.2 Å². The number of methoxy groups -OCH3 is 1. The summed E-state index contributed by atoms with van der Waals surface area (Å²) in [5.74, 6) is 0.521. The monoisotopic (exact) mass is 449 g/mol. The van der Waals surface area contributed by atoms with E-state index in [4.69, 9.17) is 4.74 Å². The molecule has 0 spiro atoms. The Morgan fingerprint density at radius 2 is 1.73 bits per heavy atom. The predicted octanol–water partition coefficient (Wildman–Crippen LogP) is 2.94. The molecule has 2 aliphatic rings. The van der Waals surface area contributed by atoms with Crippen LogP contribution in [0, 0.1) is 0 Å². The Morgan fingerprint density at radius 3 is 2.37 bits per heavy atom. The van der Waals surface area contributed by atoms with Crippen molar-refractivity contribution in [1.29, 1.82) is 0 Å². The first-order valence-electron chi connectivity index (χ1n) is 10.3. The van der Waals surface area contributed by atoms with Crippen molar-refractivity contribution in [3.8, 4) is 5.75 Å². The molecule has 2 heterocycles. The molecule has 2 aromatic rings. The van der Waals surface area contributed by atoms with Crippen LogP contribution in [0.4, 0.5) is 5.69 Å². The van der Waals surface area contributed by atoms with Crippen molar-refractivity contribution in [2.75, 3.05) is 38.2 Å². The van der Waals surface area contributed by atoms with Crippen LogP contribution in [0.3, 0.4) is 0 Å². The van der Waals surface area contributed by atoms with Crippen molar-refractivity contribution in [2.24, 2.45) is 0 Å². The van der Waals surface area contributed by atoms with Crippen molar-refractivity contribution in [3.63, 3.8) is 0 Å². The normalized spacial score (nSPS) is 18.5. The Morgan fingerprint density at radius 1 is 1.07 bits per heavy atom. The van der Waals surface area contributed by atoms with Gasteiger partial charge in [-0.05, 0) is 48.6 Å². The summed E-state index contributed by atoms with van der Waals surface area (Å²) >= 11 is 1.19. The van der Waals surface area contributed by atoms with Crippen LogP contribution in [0.25, 0.3) is 0 Å². The third kappa shape index (κ3) is 4.33. The van der Waals surface area contributed by atoms with E-state index in [1.54, 1.807) is 18.6 Å². The molecule has 1 aliphatic heterocycles. The van der Waals surface area contributed by atoms with E-state index in [0.717, 1.165) is 37.1 Å². The molecule has 1 N–H and O–H groups in total. The Hall–Kier alpha value is -2.10. The van der Waals surface area contributed by atoms with Gasteiger partial charge in [0, 0.05) is 37.9 Å². The minimum absolute atomic E-state index is 0.126. The highest BCUT2D eigenvalue weighted by Gasteiger charge is 2.33. The second-order valence-electron chi connectivity index (χ2n) is 7.66. The number of ether oxygens (including phenoxy) is 1. The first kappa shape index (κ1) is 21.1. The molecule has 1 saturated carbocycles. The molecule has 9 heteroatoms. The van der Waals surface area contributed by atoms with Crippen LogP contribution >= 0.6 is 11.3 Å². The summed E-state index contributed by atoms with van der Waals surface area (Å²) < 4.78 is 33.2. The number of benzene rings is 1. The zero-order valence-electron chi connectivity index (χ0n) is 17.0. The average Bonchev–Trinajstić information content (AvgIpc) is 3.46. The summed E-state index contributed by atoms with van der Waals surface area (Å²) in [6, 6.07) is 9.47. The van der Waals surface area contributed by atoms with Gasteiger partial charge in [-0.25, -0.2) is 8.42 Å². The Kier molecular flexibility index (Phi) is 6.31. The fourth-order valence-electron chi connectivity index (χ4n) is 4.11. The second kappa shape index (κ2) is 8.95. The number of nitrogens with zero attached hydrogens (tertiary/aromatic N) is 2. The van der Waals surface area contributed by atoms with Gasteiger partial charge in [-0.2, -0.15) is 4.31 Å². The minimum atomic E-state index is -3.71. The van der Waals surface area contributed by atoms with Gasteiger partial charge in [-0.1, -0.05) is 12.8 Å². The lowest BCUT2D eigenvalue weighted by Crippen LogP contribution is -2.48. The molecule has 0 unspecified atom stereocenters. The number of carbonyl (C=O) groups is 1. The van der Waals surface area contributed by atoms with Gasteiger partial charge in [0.1, 0.15) is 15.5 Å². The van der Waals surface area contributed by atoms with Crippen molar-refractivity contribution in [3.05, 3.63) is 40.6 Å². The molecule has 2 fully saturated rings. The molecule has 0 atom stereocenters. The topological polar surface area (TPSA) is 79.0 Å². The lowest BCUT2D eigenvalue weighted by molar-refractivity contribution is 0.0939. The highest BCUT2D eigenvalue weighted by atomic mass is 32.2. The summed E-state index contributed by atoms with van der Waals surface area (Å²) in [6.07, 6.45) is 4.15. The third-order valence-corrected chi connectivity index (χ3v) is 8.80. The minimum Gasteiger partial charge on any atom is -0.497 e. The summed E-state index contributed by atoms with van der Waals surface area (Å²) in [7, 11) is -2.08. The van der Waals surface area contributed by atoms with Gasteiger partial charge in [-0.15, -0.1) is 11.3 Å². The van der Waals surface area contributed by atoms with Crippen molar-refractivity contribution >= 4 is 33.0 Å². The van der Waals surface area contributed by atoms with Crippen LogP contribution in [0.15, 0.2) is 40.6 Å². The van der Waals surface area contributed by atoms with Crippen LogP contribution in [0.1, 0.15) is 35.4 Å². The molecule has 4 rings (SSSR count). The van der Waals surface area contributed by atoms with Gasteiger partial charge in [0.15, 0.2) is 0 Å². The summed E-state index contributed by atoms with van der Waals surface area (Å²) in [5.41, 5.74) is 1.04.